The first kappa shape index (κ1) is 28.6. The second kappa shape index (κ2) is 12.2. The van der Waals surface area contributed by atoms with Crippen LogP contribution in [0.3, 0.4) is 0 Å². The topological polar surface area (TPSA) is 34.1 Å². The lowest BCUT2D eigenvalue weighted by Gasteiger charge is -2.07. The maximum Gasteiger partial charge on any atom is 0.195 e. The van der Waals surface area contributed by atoms with E-state index in [9.17, 15) is 9.59 Å². The van der Waals surface area contributed by atoms with Crippen LogP contribution in [0.1, 0.15) is 0 Å². The van der Waals surface area contributed by atoms with E-state index >= 15 is 0 Å². The average molecular weight is 671 g/mol. The van der Waals surface area contributed by atoms with Gasteiger partial charge in [-0.1, -0.05) is 59.6 Å². The van der Waals surface area contributed by atoms with Crippen LogP contribution in [0.5, 0.6) is 0 Å². The van der Waals surface area contributed by atoms with Crippen molar-refractivity contribution in [3.63, 3.8) is 0 Å². The molecule has 0 spiro atoms. The summed E-state index contributed by atoms with van der Waals surface area (Å²) in [6.07, 6.45) is 0. The van der Waals surface area contributed by atoms with Gasteiger partial charge in [0.25, 0.3) is 0 Å². The molecule has 6 aromatic carbocycles. The van der Waals surface area contributed by atoms with Gasteiger partial charge in [-0.05, 0) is 109 Å². The second-order valence-electron chi connectivity index (χ2n) is 10.4. The van der Waals surface area contributed by atoms with Crippen LogP contribution in [0.4, 0.5) is 0 Å². The molecule has 45 heavy (non-hydrogen) atoms. The predicted molar refractivity (Wildman–Crippen MR) is 196 cm³/mol. The molecule has 2 nitrogen and oxygen atoms in total. The van der Waals surface area contributed by atoms with E-state index in [0.717, 1.165) is 59.9 Å². The quantitative estimate of drug-likeness (QED) is 0.165. The lowest BCUT2D eigenvalue weighted by atomic mass is 10.2. The molecule has 8 rings (SSSR count). The van der Waals surface area contributed by atoms with Gasteiger partial charge < -0.3 is 0 Å². The third-order valence-corrected chi connectivity index (χ3v) is 12.8. The van der Waals surface area contributed by atoms with Crippen molar-refractivity contribution in [3.05, 3.63) is 154 Å². The molecular weight excluding hydrogens is 649 g/mol. The molecule has 0 N–H and O–H groups in total. The summed E-state index contributed by atoms with van der Waals surface area (Å²) in [5.41, 5.74) is 0.196. The van der Waals surface area contributed by atoms with E-state index in [4.69, 9.17) is 0 Å². The summed E-state index contributed by atoms with van der Waals surface area (Å²) in [5.74, 6) is 0. The highest BCUT2D eigenvalue weighted by molar-refractivity contribution is 8.00. The lowest BCUT2D eigenvalue weighted by molar-refractivity contribution is 1.31. The second-order valence-corrected chi connectivity index (χ2v) is 16.0. The van der Waals surface area contributed by atoms with Gasteiger partial charge in [-0.25, -0.2) is 0 Å². The fourth-order valence-electron chi connectivity index (χ4n) is 5.25. The first-order valence-electron chi connectivity index (χ1n) is 14.2. The minimum Gasteiger partial charge on any atom is -0.289 e. The standard InChI is InChI=1S/C38H22O2S5/c39-37-29-5-1-3-7-33(29)44-35-19-17-27(21-31(35)37)42-25-13-9-23(10-14-25)41-24-11-15-26(16-12-24)43-28-18-20-36-32(22-28)38(40)30-6-2-4-8-34(30)45-36/h1-22H. The summed E-state index contributed by atoms with van der Waals surface area (Å²) >= 11 is 8.39. The van der Waals surface area contributed by atoms with E-state index in [2.05, 4.69) is 72.8 Å². The third kappa shape index (κ3) is 5.83. The molecule has 2 heterocycles. The van der Waals surface area contributed by atoms with Crippen molar-refractivity contribution in [2.45, 2.75) is 29.4 Å². The molecule has 0 fully saturated rings. The van der Waals surface area contributed by atoms with Gasteiger partial charge in [-0.15, -0.1) is 22.7 Å². The van der Waals surface area contributed by atoms with Gasteiger partial charge in [-0.2, -0.15) is 0 Å². The number of fused-ring (bicyclic) bond motifs is 4. The van der Waals surface area contributed by atoms with Crippen molar-refractivity contribution in [3.8, 4) is 0 Å². The Bertz CT molecular complexity index is 2320. The van der Waals surface area contributed by atoms with Crippen LogP contribution >= 0.6 is 58.0 Å². The number of rotatable bonds is 6. The zero-order chi connectivity index (χ0) is 30.3. The Morgan fingerprint density at radius 1 is 0.333 bits per heavy atom. The number of hydrogen-bond donors (Lipinski definition) is 0. The third-order valence-electron chi connectivity index (χ3n) is 7.45. The first-order valence-corrected chi connectivity index (χ1v) is 18.3. The number of hydrogen-bond acceptors (Lipinski definition) is 7. The van der Waals surface area contributed by atoms with E-state index in [-0.39, 0.29) is 10.9 Å². The van der Waals surface area contributed by atoms with Crippen LogP contribution < -0.4 is 10.9 Å². The summed E-state index contributed by atoms with van der Waals surface area (Å²) < 4.78 is 4.08. The van der Waals surface area contributed by atoms with E-state index in [0.29, 0.717) is 0 Å². The summed E-state index contributed by atoms with van der Waals surface area (Å²) in [6, 6.07) is 45.1. The Balaban J connectivity index is 0.949. The Kier molecular flexibility index (Phi) is 7.73. The Morgan fingerprint density at radius 3 is 1.04 bits per heavy atom. The lowest BCUT2D eigenvalue weighted by Crippen LogP contribution is -2.00. The molecule has 0 amide bonds. The van der Waals surface area contributed by atoms with Crippen molar-refractivity contribution in [2.75, 3.05) is 0 Å². The molecule has 8 aromatic rings. The van der Waals surface area contributed by atoms with Crippen molar-refractivity contribution in [1.29, 1.82) is 0 Å². The van der Waals surface area contributed by atoms with Crippen LogP contribution in [0.2, 0.25) is 0 Å². The fourth-order valence-corrected chi connectivity index (χ4v) is 9.89. The van der Waals surface area contributed by atoms with Crippen LogP contribution in [0.15, 0.2) is 172 Å². The van der Waals surface area contributed by atoms with Gasteiger partial charge in [0.05, 0.1) is 0 Å². The van der Waals surface area contributed by atoms with E-state index in [1.165, 1.54) is 9.79 Å². The van der Waals surface area contributed by atoms with Crippen molar-refractivity contribution < 1.29 is 0 Å². The maximum atomic E-state index is 13.1. The van der Waals surface area contributed by atoms with E-state index < -0.39 is 0 Å². The normalized spacial score (nSPS) is 11.6. The van der Waals surface area contributed by atoms with Crippen molar-refractivity contribution in [2.24, 2.45) is 0 Å². The molecule has 0 unspecified atom stereocenters. The van der Waals surface area contributed by atoms with Gasteiger partial charge in [0.1, 0.15) is 0 Å². The molecule has 0 aliphatic heterocycles. The zero-order valence-electron chi connectivity index (χ0n) is 23.6. The summed E-state index contributed by atoms with van der Waals surface area (Å²) in [4.78, 5) is 32.9. The predicted octanol–water partition coefficient (Wildman–Crippen LogP) is 11.6. The van der Waals surface area contributed by atoms with Crippen molar-refractivity contribution in [1.82, 2.24) is 0 Å². The molecule has 0 aliphatic rings. The van der Waals surface area contributed by atoms with E-state index in [1.54, 1.807) is 58.0 Å². The van der Waals surface area contributed by atoms with Crippen LogP contribution in [-0.2, 0) is 0 Å². The van der Waals surface area contributed by atoms with Gasteiger partial charge >= 0.3 is 0 Å². The highest BCUT2D eigenvalue weighted by Gasteiger charge is 2.10. The fraction of sp³-hybridized carbons (Fsp3) is 0. The molecule has 0 radical (unpaired) electrons. The summed E-state index contributed by atoms with van der Waals surface area (Å²) in [7, 11) is 0. The van der Waals surface area contributed by atoms with E-state index in [1.807, 2.05) is 60.7 Å². The number of benzene rings is 6. The zero-order valence-corrected chi connectivity index (χ0v) is 27.6. The molecule has 7 heteroatoms. The van der Waals surface area contributed by atoms with Gasteiger partial charge in [0.2, 0.25) is 0 Å². The van der Waals surface area contributed by atoms with Gasteiger partial charge in [-0.3, -0.25) is 9.59 Å². The molecule has 0 aliphatic carbocycles. The monoisotopic (exact) mass is 670 g/mol. The summed E-state index contributed by atoms with van der Waals surface area (Å²) in [6.45, 7) is 0. The molecule has 0 atom stereocenters. The molecule has 216 valence electrons. The molecule has 0 saturated heterocycles. The van der Waals surface area contributed by atoms with Crippen molar-refractivity contribution >= 4 is 98.3 Å². The van der Waals surface area contributed by atoms with Crippen LogP contribution in [0, 0.1) is 0 Å². The maximum absolute atomic E-state index is 13.1. The molecule has 0 bridgehead atoms. The Labute approximate surface area is 279 Å². The average Bonchev–Trinajstić information content (AvgIpc) is 3.07. The Hall–Kier alpha value is -3.85. The van der Waals surface area contributed by atoms with Gasteiger partial charge in [0.15, 0.2) is 10.9 Å². The smallest absolute Gasteiger partial charge is 0.195 e. The molecule has 2 aromatic heterocycles. The highest BCUT2D eigenvalue weighted by Crippen LogP contribution is 2.36. The largest absolute Gasteiger partial charge is 0.289 e. The van der Waals surface area contributed by atoms with Crippen LogP contribution in [-0.4, -0.2) is 0 Å². The molecular formula is C38H22O2S5. The molecule has 0 saturated carbocycles. The summed E-state index contributed by atoms with van der Waals surface area (Å²) in [5, 5.41) is 3.13. The van der Waals surface area contributed by atoms with Gasteiger partial charge in [0, 0.05) is 69.7 Å². The Morgan fingerprint density at radius 2 is 0.644 bits per heavy atom. The van der Waals surface area contributed by atoms with Crippen LogP contribution in [0.25, 0.3) is 40.3 Å². The SMILES string of the molecule is O=c1c2ccccc2sc2ccc(Sc3ccc(Sc4ccc(Sc5ccc6sc7ccccc7c(=O)c6c5)cc4)cc3)cc12. The first-order chi connectivity index (χ1) is 22.1. The minimum atomic E-state index is 0.0982. The highest BCUT2D eigenvalue weighted by atomic mass is 32.2. The minimum absolute atomic E-state index is 0.0982.